The Morgan fingerprint density at radius 2 is 2.32 bits per heavy atom. The summed E-state index contributed by atoms with van der Waals surface area (Å²) >= 11 is 3.44. The van der Waals surface area contributed by atoms with Gasteiger partial charge in [0.25, 0.3) is 0 Å². The van der Waals surface area contributed by atoms with Crippen molar-refractivity contribution in [2.45, 2.75) is 32.4 Å². The Morgan fingerprint density at radius 3 is 2.95 bits per heavy atom. The lowest BCUT2D eigenvalue weighted by Crippen LogP contribution is -2.60. The van der Waals surface area contributed by atoms with Gasteiger partial charge >= 0.3 is 0 Å². The SMILES string of the molecule is Cc1cc(Br)ccc1N1C(C)CNC(=O)C1CC#N. The zero-order valence-corrected chi connectivity index (χ0v) is 12.6. The largest absolute Gasteiger partial charge is 0.354 e. The van der Waals surface area contributed by atoms with Crippen LogP contribution in [0.4, 0.5) is 5.69 Å². The zero-order chi connectivity index (χ0) is 14.0. The highest BCUT2D eigenvalue weighted by atomic mass is 79.9. The van der Waals surface area contributed by atoms with Crippen LogP contribution >= 0.6 is 15.9 Å². The third-order valence-electron chi connectivity index (χ3n) is 3.41. The summed E-state index contributed by atoms with van der Waals surface area (Å²) in [5, 5.41) is 11.8. The van der Waals surface area contributed by atoms with Gasteiger partial charge < -0.3 is 10.2 Å². The van der Waals surface area contributed by atoms with Crippen LogP contribution in [0.25, 0.3) is 0 Å². The molecule has 0 spiro atoms. The highest BCUT2D eigenvalue weighted by Gasteiger charge is 2.34. The molecule has 2 unspecified atom stereocenters. The molecule has 0 radical (unpaired) electrons. The van der Waals surface area contributed by atoms with Crippen LogP contribution in [0.2, 0.25) is 0 Å². The Hall–Kier alpha value is -1.54. The Balaban J connectivity index is 2.42. The summed E-state index contributed by atoms with van der Waals surface area (Å²) in [7, 11) is 0. The van der Waals surface area contributed by atoms with Crippen molar-refractivity contribution in [1.29, 1.82) is 5.26 Å². The first-order chi connectivity index (χ1) is 9.04. The number of rotatable bonds is 2. The van der Waals surface area contributed by atoms with Crippen molar-refractivity contribution in [2.24, 2.45) is 0 Å². The van der Waals surface area contributed by atoms with Crippen LogP contribution in [0.5, 0.6) is 0 Å². The molecule has 4 nitrogen and oxygen atoms in total. The molecule has 1 aromatic rings. The van der Waals surface area contributed by atoms with E-state index in [0.29, 0.717) is 6.54 Å². The number of anilines is 1. The normalized spacial score (nSPS) is 22.8. The molecular weight excluding hydrogens is 306 g/mol. The van der Waals surface area contributed by atoms with E-state index in [0.717, 1.165) is 15.7 Å². The van der Waals surface area contributed by atoms with Crippen LogP contribution in [0.1, 0.15) is 18.9 Å². The molecule has 0 bridgehead atoms. The van der Waals surface area contributed by atoms with Crippen LogP contribution in [0, 0.1) is 18.3 Å². The number of piperazine rings is 1. The zero-order valence-electron chi connectivity index (χ0n) is 11.0. The molecule has 0 aliphatic carbocycles. The number of nitrogens with zero attached hydrogens (tertiary/aromatic N) is 2. The van der Waals surface area contributed by atoms with Crippen molar-refractivity contribution in [3.05, 3.63) is 28.2 Å². The van der Waals surface area contributed by atoms with Crippen LogP contribution in [-0.2, 0) is 4.79 Å². The standard InChI is InChI=1S/C14H16BrN3O/c1-9-7-11(15)3-4-12(9)18-10(2)8-17-14(19)13(18)5-6-16/h3-4,7,10,13H,5,8H2,1-2H3,(H,17,19). The molecule has 1 heterocycles. The van der Waals surface area contributed by atoms with Gasteiger partial charge in [0.05, 0.1) is 12.5 Å². The van der Waals surface area contributed by atoms with Gasteiger partial charge in [-0.3, -0.25) is 4.79 Å². The number of benzene rings is 1. The van der Waals surface area contributed by atoms with Gasteiger partial charge in [-0.15, -0.1) is 0 Å². The van der Waals surface area contributed by atoms with E-state index in [9.17, 15) is 4.79 Å². The molecule has 1 aromatic carbocycles. The molecule has 1 aliphatic rings. The van der Waals surface area contributed by atoms with Crippen molar-refractivity contribution in [1.82, 2.24) is 5.32 Å². The Morgan fingerprint density at radius 1 is 1.58 bits per heavy atom. The minimum atomic E-state index is -0.409. The highest BCUT2D eigenvalue weighted by Crippen LogP contribution is 2.29. The fraction of sp³-hybridized carbons (Fsp3) is 0.429. The lowest BCUT2D eigenvalue weighted by atomic mass is 10.0. The van der Waals surface area contributed by atoms with Crippen LogP contribution in [-0.4, -0.2) is 24.5 Å². The number of aryl methyl sites for hydroxylation is 1. The summed E-state index contributed by atoms with van der Waals surface area (Å²) in [5.41, 5.74) is 2.12. The minimum absolute atomic E-state index is 0.0676. The fourth-order valence-electron chi connectivity index (χ4n) is 2.49. The van der Waals surface area contributed by atoms with E-state index >= 15 is 0 Å². The van der Waals surface area contributed by atoms with E-state index in [1.54, 1.807) is 0 Å². The summed E-state index contributed by atoms with van der Waals surface area (Å²) < 4.78 is 1.01. The Bertz CT molecular complexity index is 538. The number of halogens is 1. The third kappa shape index (κ3) is 2.74. The summed E-state index contributed by atoms with van der Waals surface area (Å²) in [6.07, 6.45) is 0.200. The lowest BCUT2D eigenvalue weighted by molar-refractivity contribution is -0.123. The average molecular weight is 322 g/mol. The molecule has 2 atom stereocenters. The van der Waals surface area contributed by atoms with E-state index in [1.165, 1.54) is 0 Å². The summed E-state index contributed by atoms with van der Waals surface area (Å²) in [5.74, 6) is -0.0676. The number of carbonyl (C=O) groups excluding carboxylic acids is 1. The third-order valence-corrected chi connectivity index (χ3v) is 3.90. The predicted molar refractivity (Wildman–Crippen MR) is 77.8 cm³/mol. The molecule has 100 valence electrons. The van der Waals surface area contributed by atoms with E-state index in [4.69, 9.17) is 5.26 Å². The van der Waals surface area contributed by atoms with E-state index < -0.39 is 6.04 Å². The first-order valence-electron chi connectivity index (χ1n) is 6.23. The Labute approximate surface area is 121 Å². The van der Waals surface area contributed by atoms with E-state index in [-0.39, 0.29) is 18.4 Å². The number of hydrogen-bond acceptors (Lipinski definition) is 3. The number of carbonyl (C=O) groups is 1. The molecule has 1 fully saturated rings. The molecular formula is C14H16BrN3O. The van der Waals surface area contributed by atoms with Crippen molar-refractivity contribution < 1.29 is 4.79 Å². The first-order valence-corrected chi connectivity index (χ1v) is 7.03. The second kappa shape index (κ2) is 5.62. The molecule has 1 saturated heterocycles. The maximum atomic E-state index is 12.0. The van der Waals surface area contributed by atoms with Gasteiger partial charge in [-0.1, -0.05) is 15.9 Å². The average Bonchev–Trinajstić information content (AvgIpc) is 2.36. The number of amides is 1. The first kappa shape index (κ1) is 13.9. The molecule has 1 N–H and O–H groups in total. The predicted octanol–water partition coefficient (Wildman–Crippen LogP) is 2.36. The maximum Gasteiger partial charge on any atom is 0.243 e. The van der Waals surface area contributed by atoms with Gasteiger partial charge in [0, 0.05) is 22.7 Å². The van der Waals surface area contributed by atoms with Crippen LogP contribution in [0.3, 0.4) is 0 Å². The topological polar surface area (TPSA) is 56.1 Å². The van der Waals surface area contributed by atoms with Crippen LogP contribution < -0.4 is 10.2 Å². The molecule has 5 heteroatoms. The fourth-order valence-corrected chi connectivity index (χ4v) is 2.96. The van der Waals surface area contributed by atoms with Crippen molar-refractivity contribution in [2.75, 3.05) is 11.4 Å². The minimum Gasteiger partial charge on any atom is -0.354 e. The second-order valence-electron chi connectivity index (χ2n) is 4.81. The van der Waals surface area contributed by atoms with Crippen molar-refractivity contribution >= 4 is 27.5 Å². The summed E-state index contributed by atoms with van der Waals surface area (Å²) in [4.78, 5) is 14.0. The molecule has 1 aliphatic heterocycles. The van der Waals surface area contributed by atoms with E-state index in [2.05, 4.69) is 39.1 Å². The molecule has 19 heavy (non-hydrogen) atoms. The molecule has 1 amide bonds. The quantitative estimate of drug-likeness (QED) is 0.909. The maximum absolute atomic E-state index is 12.0. The monoisotopic (exact) mass is 321 g/mol. The number of nitriles is 1. The molecule has 2 rings (SSSR count). The number of hydrogen-bond donors (Lipinski definition) is 1. The number of nitrogens with one attached hydrogen (secondary N) is 1. The second-order valence-corrected chi connectivity index (χ2v) is 5.73. The molecule has 0 aromatic heterocycles. The van der Waals surface area contributed by atoms with Gasteiger partial charge in [0.15, 0.2) is 0 Å². The van der Waals surface area contributed by atoms with Gasteiger partial charge in [-0.2, -0.15) is 5.26 Å². The van der Waals surface area contributed by atoms with E-state index in [1.807, 2.05) is 25.1 Å². The van der Waals surface area contributed by atoms with Crippen molar-refractivity contribution in [3.8, 4) is 6.07 Å². The smallest absolute Gasteiger partial charge is 0.243 e. The van der Waals surface area contributed by atoms with Gasteiger partial charge in [0.1, 0.15) is 6.04 Å². The highest BCUT2D eigenvalue weighted by molar-refractivity contribution is 9.10. The van der Waals surface area contributed by atoms with Gasteiger partial charge in [0.2, 0.25) is 5.91 Å². The molecule has 0 saturated carbocycles. The summed E-state index contributed by atoms with van der Waals surface area (Å²) in [6, 6.07) is 7.86. The van der Waals surface area contributed by atoms with Crippen molar-refractivity contribution in [3.63, 3.8) is 0 Å². The van der Waals surface area contributed by atoms with Gasteiger partial charge in [-0.05, 0) is 37.6 Å². The Kier molecular flexibility index (Phi) is 4.11. The summed E-state index contributed by atoms with van der Waals surface area (Å²) in [6.45, 7) is 4.68. The lowest BCUT2D eigenvalue weighted by Gasteiger charge is -2.41. The van der Waals surface area contributed by atoms with Gasteiger partial charge in [-0.25, -0.2) is 0 Å². The van der Waals surface area contributed by atoms with Crippen LogP contribution in [0.15, 0.2) is 22.7 Å².